The maximum absolute atomic E-state index is 12.4. The molecule has 0 aliphatic carbocycles. The third-order valence-electron chi connectivity index (χ3n) is 4.63. The zero-order chi connectivity index (χ0) is 17.0. The number of piperidine rings is 1. The summed E-state index contributed by atoms with van der Waals surface area (Å²) in [5, 5.41) is 8.84. The van der Waals surface area contributed by atoms with E-state index in [4.69, 9.17) is 14.7 Å². The zero-order valence-corrected chi connectivity index (χ0v) is 13.4. The second kappa shape index (κ2) is 7.22. The zero-order valence-electron chi connectivity index (χ0n) is 13.4. The third kappa shape index (κ3) is 3.39. The van der Waals surface area contributed by atoms with Crippen molar-refractivity contribution in [3.63, 3.8) is 0 Å². The van der Waals surface area contributed by atoms with Crippen LogP contribution in [0.15, 0.2) is 30.3 Å². The van der Waals surface area contributed by atoms with Gasteiger partial charge < -0.3 is 9.47 Å². The number of ether oxygens (including phenoxy) is 2. The van der Waals surface area contributed by atoms with Crippen molar-refractivity contribution < 1.29 is 19.1 Å². The highest BCUT2D eigenvalue weighted by Crippen LogP contribution is 2.37. The summed E-state index contributed by atoms with van der Waals surface area (Å²) in [5.41, 5.74) is 0.658. The standard InChI is InChI=1S/C18H20N2O4/c19-8-6-16(21)15-12-20(9-7-18(15)23-10-11-24-18)13-17(22)14-4-2-1-3-5-14/h1-5,15H,6-7,9-13H2. The smallest absolute Gasteiger partial charge is 0.180 e. The molecule has 2 saturated heterocycles. The van der Waals surface area contributed by atoms with Crippen molar-refractivity contribution in [2.24, 2.45) is 5.92 Å². The van der Waals surface area contributed by atoms with Crippen molar-refractivity contribution in [1.82, 2.24) is 4.90 Å². The minimum Gasteiger partial charge on any atom is -0.347 e. The van der Waals surface area contributed by atoms with Gasteiger partial charge in [0.2, 0.25) is 0 Å². The molecule has 1 aromatic rings. The van der Waals surface area contributed by atoms with Crippen LogP contribution in [0, 0.1) is 17.2 Å². The lowest BCUT2D eigenvalue weighted by Gasteiger charge is -2.42. The van der Waals surface area contributed by atoms with E-state index in [-0.39, 0.29) is 24.5 Å². The SMILES string of the molecule is N#CCC(=O)C1CN(CC(=O)c2ccccc2)CCC12OCCO2. The second-order valence-corrected chi connectivity index (χ2v) is 6.14. The summed E-state index contributed by atoms with van der Waals surface area (Å²) in [6.45, 7) is 2.16. The average Bonchev–Trinajstić information content (AvgIpc) is 3.07. The molecule has 24 heavy (non-hydrogen) atoms. The second-order valence-electron chi connectivity index (χ2n) is 6.14. The van der Waals surface area contributed by atoms with Crippen molar-refractivity contribution in [2.75, 3.05) is 32.8 Å². The highest BCUT2D eigenvalue weighted by molar-refractivity contribution is 5.97. The Balaban J connectivity index is 1.70. The minimum atomic E-state index is -0.916. The van der Waals surface area contributed by atoms with Gasteiger partial charge in [-0.05, 0) is 0 Å². The number of nitriles is 1. The Morgan fingerprint density at radius 2 is 1.96 bits per heavy atom. The normalized spacial score (nSPS) is 23.0. The van der Waals surface area contributed by atoms with E-state index in [2.05, 4.69) is 0 Å². The summed E-state index contributed by atoms with van der Waals surface area (Å²) >= 11 is 0. The van der Waals surface area contributed by atoms with Gasteiger partial charge in [0.1, 0.15) is 0 Å². The number of ketones is 2. The number of hydrogen-bond donors (Lipinski definition) is 0. The Hall–Kier alpha value is -2.07. The minimum absolute atomic E-state index is 0.0197. The highest BCUT2D eigenvalue weighted by Gasteiger charge is 2.51. The molecule has 2 aliphatic heterocycles. The largest absolute Gasteiger partial charge is 0.347 e. The first-order valence-corrected chi connectivity index (χ1v) is 8.13. The van der Waals surface area contributed by atoms with Crippen LogP contribution >= 0.6 is 0 Å². The molecule has 1 unspecified atom stereocenters. The molecular weight excluding hydrogens is 308 g/mol. The first-order valence-electron chi connectivity index (χ1n) is 8.13. The fourth-order valence-corrected chi connectivity index (χ4v) is 3.40. The summed E-state index contributed by atoms with van der Waals surface area (Å²) in [7, 11) is 0. The van der Waals surface area contributed by atoms with Crippen molar-refractivity contribution in [1.29, 1.82) is 5.26 Å². The van der Waals surface area contributed by atoms with Gasteiger partial charge in [-0.2, -0.15) is 5.26 Å². The van der Waals surface area contributed by atoms with Crippen LogP contribution in [0.4, 0.5) is 0 Å². The third-order valence-corrected chi connectivity index (χ3v) is 4.63. The summed E-state index contributed by atoms with van der Waals surface area (Å²) in [6.07, 6.45) is 0.358. The molecule has 1 aromatic carbocycles. The van der Waals surface area contributed by atoms with Crippen LogP contribution in [0.1, 0.15) is 23.2 Å². The molecule has 6 nitrogen and oxygen atoms in total. The molecule has 1 spiro atoms. The van der Waals surface area contributed by atoms with Gasteiger partial charge in [0, 0.05) is 25.1 Å². The molecule has 2 aliphatic rings. The molecule has 2 heterocycles. The topological polar surface area (TPSA) is 79.6 Å². The first-order chi connectivity index (χ1) is 11.6. The predicted octanol–water partition coefficient (Wildman–Crippen LogP) is 1.42. The Bertz CT molecular complexity index is 647. The quantitative estimate of drug-likeness (QED) is 0.761. The Morgan fingerprint density at radius 3 is 2.62 bits per heavy atom. The van der Waals surface area contributed by atoms with Crippen molar-refractivity contribution >= 4 is 11.6 Å². The number of carbonyl (C=O) groups excluding carboxylic acids is 2. The number of hydrogen-bond acceptors (Lipinski definition) is 6. The van der Waals surface area contributed by atoms with Crippen LogP contribution in [-0.4, -0.2) is 55.1 Å². The predicted molar refractivity (Wildman–Crippen MR) is 85.2 cm³/mol. The van der Waals surface area contributed by atoms with E-state index in [1.54, 1.807) is 12.1 Å². The van der Waals surface area contributed by atoms with Crippen LogP contribution in [0.2, 0.25) is 0 Å². The van der Waals surface area contributed by atoms with Gasteiger partial charge in [-0.1, -0.05) is 30.3 Å². The van der Waals surface area contributed by atoms with Gasteiger partial charge >= 0.3 is 0 Å². The van der Waals surface area contributed by atoms with E-state index < -0.39 is 11.7 Å². The highest BCUT2D eigenvalue weighted by atomic mass is 16.7. The summed E-state index contributed by atoms with van der Waals surface area (Å²) < 4.78 is 11.5. The average molecular weight is 328 g/mol. The van der Waals surface area contributed by atoms with E-state index in [0.29, 0.717) is 38.3 Å². The molecule has 2 fully saturated rings. The van der Waals surface area contributed by atoms with E-state index in [1.165, 1.54) is 0 Å². The number of rotatable bonds is 5. The van der Waals surface area contributed by atoms with E-state index >= 15 is 0 Å². The monoisotopic (exact) mass is 328 g/mol. The van der Waals surface area contributed by atoms with Crippen LogP contribution in [-0.2, 0) is 14.3 Å². The molecule has 6 heteroatoms. The van der Waals surface area contributed by atoms with Crippen molar-refractivity contribution in [3.05, 3.63) is 35.9 Å². The van der Waals surface area contributed by atoms with Crippen molar-refractivity contribution in [2.45, 2.75) is 18.6 Å². The Labute approximate surface area is 141 Å². The number of Topliss-reactive ketones (excluding diaryl/α,β-unsaturated/α-hetero) is 2. The summed E-state index contributed by atoms with van der Waals surface area (Å²) in [4.78, 5) is 26.7. The van der Waals surface area contributed by atoms with Gasteiger partial charge in [-0.25, -0.2) is 0 Å². The fourth-order valence-electron chi connectivity index (χ4n) is 3.40. The van der Waals surface area contributed by atoms with Gasteiger partial charge in [0.15, 0.2) is 17.4 Å². The van der Waals surface area contributed by atoms with Crippen molar-refractivity contribution in [3.8, 4) is 6.07 Å². The van der Waals surface area contributed by atoms with Crippen LogP contribution in [0.25, 0.3) is 0 Å². The van der Waals surface area contributed by atoms with Crippen LogP contribution in [0.5, 0.6) is 0 Å². The fraction of sp³-hybridized carbons (Fsp3) is 0.500. The molecule has 0 N–H and O–H groups in total. The number of likely N-dealkylation sites (tertiary alicyclic amines) is 1. The Morgan fingerprint density at radius 1 is 1.25 bits per heavy atom. The molecule has 3 rings (SSSR count). The maximum atomic E-state index is 12.4. The summed E-state index contributed by atoms with van der Waals surface area (Å²) in [6, 6.07) is 11.0. The first kappa shape index (κ1) is 16.8. The molecule has 0 aromatic heterocycles. The van der Waals surface area contributed by atoms with Crippen LogP contribution < -0.4 is 0 Å². The molecule has 0 radical (unpaired) electrons. The lowest BCUT2D eigenvalue weighted by molar-refractivity contribution is -0.218. The molecule has 1 atom stereocenters. The molecule has 0 bridgehead atoms. The molecule has 0 saturated carbocycles. The van der Waals surface area contributed by atoms with Gasteiger partial charge in [0.25, 0.3) is 0 Å². The summed E-state index contributed by atoms with van der Waals surface area (Å²) in [5.74, 6) is -1.61. The number of carbonyl (C=O) groups is 2. The number of nitrogens with zero attached hydrogens (tertiary/aromatic N) is 2. The van der Waals surface area contributed by atoms with Gasteiger partial charge in [-0.15, -0.1) is 0 Å². The number of benzene rings is 1. The molecular formula is C18H20N2O4. The van der Waals surface area contributed by atoms with E-state index in [9.17, 15) is 9.59 Å². The molecule has 126 valence electrons. The van der Waals surface area contributed by atoms with Gasteiger partial charge in [0.05, 0.1) is 38.2 Å². The maximum Gasteiger partial charge on any atom is 0.180 e. The van der Waals surface area contributed by atoms with E-state index in [1.807, 2.05) is 29.2 Å². The Kier molecular flexibility index (Phi) is 5.05. The lowest BCUT2D eigenvalue weighted by Crippen LogP contribution is -2.56. The lowest BCUT2D eigenvalue weighted by atomic mass is 9.85. The van der Waals surface area contributed by atoms with Gasteiger partial charge in [-0.3, -0.25) is 14.5 Å². The molecule has 0 amide bonds. The van der Waals surface area contributed by atoms with E-state index in [0.717, 1.165) is 0 Å². The van der Waals surface area contributed by atoms with Crippen LogP contribution in [0.3, 0.4) is 0 Å².